The smallest absolute Gasteiger partial charge is 0.123 e. The maximum Gasteiger partial charge on any atom is 0.123 e. The molecule has 0 aromatic heterocycles. The Morgan fingerprint density at radius 2 is 1.95 bits per heavy atom. The summed E-state index contributed by atoms with van der Waals surface area (Å²) in [5.41, 5.74) is 1.19. The number of benzene rings is 1. The molecule has 0 bridgehead atoms. The third-order valence-electron chi connectivity index (χ3n) is 5.45. The number of hydrogen-bond acceptors (Lipinski definition) is 2. The lowest BCUT2D eigenvalue weighted by atomic mass is 9.85. The lowest BCUT2D eigenvalue weighted by Gasteiger charge is -2.32. The van der Waals surface area contributed by atoms with Crippen molar-refractivity contribution in [2.24, 2.45) is 5.92 Å². The van der Waals surface area contributed by atoms with Gasteiger partial charge in [0.2, 0.25) is 0 Å². The van der Waals surface area contributed by atoms with Gasteiger partial charge in [-0.05, 0) is 62.9 Å². The lowest BCUT2D eigenvalue weighted by molar-refractivity contribution is 0.176. The van der Waals surface area contributed by atoms with Crippen LogP contribution in [-0.4, -0.2) is 31.1 Å². The van der Waals surface area contributed by atoms with E-state index in [0.717, 1.165) is 24.9 Å². The average molecular weight is 290 g/mol. The van der Waals surface area contributed by atoms with Crippen molar-refractivity contribution in [2.45, 2.75) is 50.6 Å². The first kappa shape index (κ1) is 15.0. The summed E-state index contributed by atoms with van der Waals surface area (Å²) in [7, 11) is 2.00. The fraction of sp³-hybridized carbons (Fsp3) is 0.667. The van der Waals surface area contributed by atoms with Gasteiger partial charge in [0.05, 0.1) is 0 Å². The fourth-order valence-corrected chi connectivity index (χ4v) is 4.25. The van der Waals surface area contributed by atoms with Crippen molar-refractivity contribution < 1.29 is 4.39 Å². The van der Waals surface area contributed by atoms with Gasteiger partial charge >= 0.3 is 0 Å². The highest BCUT2D eigenvalue weighted by molar-refractivity contribution is 5.19. The van der Waals surface area contributed by atoms with Crippen molar-refractivity contribution in [2.75, 3.05) is 20.1 Å². The Morgan fingerprint density at radius 1 is 1.19 bits per heavy atom. The molecule has 1 aliphatic carbocycles. The molecule has 1 aliphatic heterocycles. The Kier molecular flexibility index (Phi) is 4.91. The van der Waals surface area contributed by atoms with Crippen molar-refractivity contribution in [1.29, 1.82) is 0 Å². The second-order valence-electron chi connectivity index (χ2n) is 6.62. The van der Waals surface area contributed by atoms with E-state index in [-0.39, 0.29) is 5.82 Å². The zero-order chi connectivity index (χ0) is 14.7. The Morgan fingerprint density at radius 3 is 2.71 bits per heavy atom. The van der Waals surface area contributed by atoms with Crippen LogP contribution in [0.1, 0.15) is 50.1 Å². The fourth-order valence-electron chi connectivity index (χ4n) is 4.25. The van der Waals surface area contributed by atoms with Gasteiger partial charge < -0.3 is 10.2 Å². The number of hydrogen-bond donors (Lipinski definition) is 1. The Balaban J connectivity index is 1.56. The van der Waals surface area contributed by atoms with Gasteiger partial charge in [-0.15, -0.1) is 0 Å². The standard InChI is InChI=1S/C18H27FN2/c1-20-17(14-6-8-16(19)9-7-14)11-13-21-12-10-15-4-2-3-5-18(15)21/h6-9,15,17-18,20H,2-5,10-13H2,1H3. The molecule has 3 unspecified atom stereocenters. The third-order valence-corrected chi connectivity index (χ3v) is 5.45. The van der Waals surface area contributed by atoms with Crippen LogP contribution < -0.4 is 5.32 Å². The molecular weight excluding hydrogens is 263 g/mol. The zero-order valence-electron chi connectivity index (χ0n) is 13.0. The van der Waals surface area contributed by atoms with Crippen LogP contribution in [0.15, 0.2) is 24.3 Å². The van der Waals surface area contributed by atoms with Crippen molar-refractivity contribution in [1.82, 2.24) is 10.2 Å². The van der Waals surface area contributed by atoms with Crippen LogP contribution in [0.5, 0.6) is 0 Å². The third kappa shape index (κ3) is 3.46. The van der Waals surface area contributed by atoms with Gasteiger partial charge in [-0.25, -0.2) is 4.39 Å². The Labute approximate surface area is 127 Å². The number of halogens is 1. The molecule has 3 atom stereocenters. The molecule has 0 amide bonds. The van der Waals surface area contributed by atoms with E-state index in [4.69, 9.17) is 0 Å². The number of fused-ring (bicyclic) bond motifs is 1. The predicted molar refractivity (Wildman–Crippen MR) is 84.8 cm³/mol. The first-order chi connectivity index (χ1) is 10.3. The van der Waals surface area contributed by atoms with Crippen LogP contribution in [0, 0.1) is 11.7 Å². The Bertz CT molecular complexity index is 445. The van der Waals surface area contributed by atoms with Crippen molar-refractivity contribution in [3.05, 3.63) is 35.6 Å². The van der Waals surface area contributed by atoms with Gasteiger partial charge in [-0.2, -0.15) is 0 Å². The first-order valence-electron chi connectivity index (χ1n) is 8.44. The molecule has 1 heterocycles. The summed E-state index contributed by atoms with van der Waals surface area (Å²) in [6.07, 6.45) is 8.17. The van der Waals surface area contributed by atoms with Crippen LogP contribution in [0.25, 0.3) is 0 Å². The topological polar surface area (TPSA) is 15.3 Å². The molecule has 0 spiro atoms. The summed E-state index contributed by atoms with van der Waals surface area (Å²) in [5.74, 6) is 0.802. The maximum absolute atomic E-state index is 13.0. The summed E-state index contributed by atoms with van der Waals surface area (Å²) >= 11 is 0. The highest BCUT2D eigenvalue weighted by Gasteiger charge is 2.35. The maximum atomic E-state index is 13.0. The summed E-state index contributed by atoms with van der Waals surface area (Å²) in [4.78, 5) is 2.71. The minimum atomic E-state index is -0.154. The van der Waals surface area contributed by atoms with Crippen LogP contribution in [0.3, 0.4) is 0 Å². The molecule has 1 aromatic rings. The minimum Gasteiger partial charge on any atom is -0.313 e. The molecule has 116 valence electrons. The summed E-state index contributed by atoms with van der Waals surface area (Å²) in [6, 6.07) is 8.10. The lowest BCUT2D eigenvalue weighted by Crippen LogP contribution is -2.36. The van der Waals surface area contributed by atoms with Crippen molar-refractivity contribution >= 4 is 0 Å². The van der Waals surface area contributed by atoms with Crippen molar-refractivity contribution in [3.8, 4) is 0 Å². The molecule has 0 radical (unpaired) electrons. The van der Waals surface area contributed by atoms with Crippen LogP contribution >= 0.6 is 0 Å². The van der Waals surface area contributed by atoms with Crippen LogP contribution in [0.4, 0.5) is 4.39 Å². The minimum absolute atomic E-state index is 0.154. The zero-order valence-corrected chi connectivity index (χ0v) is 13.0. The molecular formula is C18H27FN2. The highest BCUT2D eigenvalue weighted by atomic mass is 19.1. The number of rotatable bonds is 5. The summed E-state index contributed by atoms with van der Waals surface area (Å²) < 4.78 is 13.0. The number of nitrogens with one attached hydrogen (secondary N) is 1. The molecule has 2 fully saturated rings. The second kappa shape index (κ2) is 6.89. The van der Waals surface area contributed by atoms with E-state index >= 15 is 0 Å². The van der Waals surface area contributed by atoms with Gasteiger partial charge in [0.1, 0.15) is 5.82 Å². The molecule has 1 saturated heterocycles. The van der Waals surface area contributed by atoms with E-state index in [9.17, 15) is 4.39 Å². The molecule has 1 saturated carbocycles. The molecule has 3 heteroatoms. The highest BCUT2D eigenvalue weighted by Crippen LogP contribution is 2.36. The normalized spacial score (nSPS) is 27.5. The molecule has 2 aliphatic rings. The molecule has 21 heavy (non-hydrogen) atoms. The van der Waals surface area contributed by atoms with E-state index in [0.29, 0.717) is 6.04 Å². The van der Waals surface area contributed by atoms with Crippen molar-refractivity contribution in [3.63, 3.8) is 0 Å². The quantitative estimate of drug-likeness (QED) is 0.888. The molecule has 1 N–H and O–H groups in total. The second-order valence-corrected chi connectivity index (χ2v) is 6.62. The summed E-state index contributed by atoms with van der Waals surface area (Å²) in [6.45, 7) is 2.43. The monoisotopic (exact) mass is 290 g/mol. The van der Waals surface area contributed by atoms with E-state index in [1.807, 2.05) is 19.2 Å². The number of nitrogens with zero attached hydrogens (tertiary/aromatic N) is 1. The van der Waals surface area contributed by atoms with Gasteiger partial charge in [-0.3, -0.25) is 0 Å². The molecule has 3 rings (SSSR count). The van der Waals surface area contributed by atoms with Crippen LogP contribution in [0.2, 0.25) is 0 Å². The van der Waals surface area contributed by atoms with Crippen LogP contribution in [-0.2, 0) is 0 Å². The SMILES string of the molecule is CNC(CCN1CCC2CCCCC21)c1ccc(F)cc1. The van der Waals surface area contributed by atoms with Gasteiger partial charge in [-0.1, -0.05) is 25.0 Å². The Hall–Kier alpha value is -0.930. The molecule has 2 nitrogen and oxygen atoms in total. The number of likely N-dealkylation sites (tertiary alicyclic amines) is 1. The van der Waals surface area contributed by atoms with E-state index in [1.165, 1.54) is 44.2 Å². The van der Waals surface area contributed by atoms with E-state index < -0.39 is 0 Å². The van der Waals surface area contributed by atoms with E-state index in [2.05, 4.69) is 10.2 Å². The largest absolute Gasteiger partial charge is 0.313 e. The first-order valence-corrected chi connectivity index (χ1v) is 8.44. The van der Waals surface area contributed by atoms with E-state index in [1.54, 1.807) is 12.1 Å². The predicted octanol–water partition coefficient (Wildman–Crippen LogP) is 3.74. The van der Waals surface area contributed by atoms with Gasteiger partial charge in [0, 0.05) is 18.6 Å². The summed E-state index contributed by atoms with van der Waals surface area (Å²) in [5, 5.41) is 3.38. The van der Waals surface area contributed by atoms with Gasteiger partial charge in [0.15, 0.2) is 0 Å². The average Bonchev–Trinajstić information content (AvgIpc) is 2.93. The molecule has 1 aromatic carbocycles. The van der Waals surface area contributed by atoms with Gasteiger partial charge in [0.25, 0.3) is 0 Å².